The Labute approximate surface area is 95.7 Å². The molecule has 92 valence electrons. The second-order valence-electron chi connectivity index (χ2n) is 4.97. The van der Waals surface area contributed by atoms with Gasteiger partial charge in [-0.2, -0.15) is 0 Å². The van der Waals surface area contributed by atoms with Gasteiger partial charge in [0.05, 0.1) is 5.54 Å². The summed E-state index contributed by atoms with van der Waals surface area (Å²) in [5, 5.41) is 0. The van der Waals surface area contributed by atoms with Gasteiger partial charge in [-0.05, 0) is 27.8 Å². The number of carbonyl (C=O) groups excluding carboxylic acids is 2. The number of nitrogens with zero attached hydrogens (tertiary/aromatic N) is 1. The van der Waals surface area contributed by atoms with Gasteiger partial charge in [-0.3, -0.25) is 14.5 Å². The van der Waals surface area contributed by atoms with Gasteiger partial charge in [0.1, 0.15) is 18.8 Å². The van der Waals surface area contributed by atoms with E-state index in [1.807, 2.05) is 18.9 Å². The number of hydrogen-bond donors (Lipinski definition) is 0. The van der Waals surface area contributed by atoms with Crippen LogP contribution in [0.1, 0.15) is 27.7 Å². The Bertz CT molecular complexity index is 313. The average Bonchev–Trinajstić information content (AvgIpc) is 2.20. The van der Waals surface area contributed by atoms with Gasteiger partial charge in [0.2, 0.25) is 0 Å². The van der Waals surface area contributed by atoms with Gasteiger partial charge in [0.15, 0.2) is 0 Å². The second-order valence-corrected chi connectivity index (χ2v) is 4.97. The molecule has 0 saturated carbocycles. The maximum atomic E-state index is 11.6. The minimum atomic E-state index is -0.701. The Morgan fingerprint density at radius 3 is 2.56 bits per heavy atom. The lowest BCUT2D eigenvalue weighted by Gasteiger charge is -2.49. The van der Waals surface area contributed by atoms with E-state index in [-0.39, 0.29) is 25.2 Å². The monoisotopic (exact) mass is 229 g/mol. The smallest absolute Gasteiger partial charge is 0.326 e. The predicted molar refractivity (Wildman–Crippen MR) is 57.8 cm³/mol. The molecule has 0 aromatic carbocycles. The van der Waals surface area contributed by atoms with Gasteiger partial charge < -0.3 is 9.47 Å². The molecule has 0 aromatic heterocycles. The highest BCUT2D eigenvalue weighted by molar-refractivity contribution is 5.80. The van der Waals surface area contributed by atoms with Crippen LogP contribution in [0.25, 0.3) is 0 Å². The van der Waals surface area contributed by atoms with E-state index in [4.69, 9.17) is 9.47 Å². The summed E-state index contributed by atoms with van der Waals surface area (Å²) in [7, 11) is 1.84. The molecule has 0 aliphatic carbocycles. The van der Waals surface area contributed by atoms with Crippen molar-refractivity contribution in [2.24, 2.45) is 0 Å². The van der Waals surface area contributed by atoms with Crippen LogP contribution in [0.5, 0.6) is 0 Å². The fourth-order valence-electron chi connectivity index (χ4n) is 1.70. The van der Waals surface area contributed by atoms with Crippen molar-refractivity contribution < 1.29 is 19.1 Å². The molecule has 0 bridgehead atoms. The molecule has 1 heterocycles. The van der Waals surface area contributed by atoms with E-state index in [1.165, 1.54) is 6.92 Å². The third kappa shape index (κ3) is 2.19. The Balaban J connectivity index is 2.81. The lowest BCUT2D eigenvalue weighted by atomic mass is 9.91. The van der Waals surface area contributed by atoms with E-state index in [2.05, 4.69) is 0 Å². The molecule has 0 aromatic rings. The van der Waals surface area contributed by atoms with Crippen LogP contribution in [0.15, 0.2) is 0 Å². The van der Waals surface area contributed by atoms with Crippen LogP contribution >= 0.6 is 0 Å². The highest BCUT2D eigenvalue weighted by Gasteiger charge is 2.49. The number of hydrogen-bond acceptors (Lipinski definition) is 5. The molecular weight excluding hydrogens is 210 g/mol. The van der Waals surface area contributed by atoms with Crippen LogP contribution in [0.3, 0.4) is 0 Å². The van der Waals surface area contributed by atoms with Crippen LogP contribution in [-0.2, 0) is 19.1 Å². The molecular formula is C11H19NO4. The fourth-order valence-corrected chi connectivity index (χ4v) is 1.70. The lowest BCUT2D eigenvalue weighted by molar-refractivity contribution is -0.186. The number of carbonyl (C=O) groups is 2. The van der Waals surface area contributed by atoms with E-state index in [1.54, 1.807) is 13.8 Å². The highest BCUT2D eigenvalue weighted by Crippen LogP contribution is 2.30. The SMILES string of the molecule is CC(=O)OCC1(C)COC(=O)C(C)(C)N1C. The van der Waals surface area contributed by atoms with Crippen molar-refractivity contribution in [3.8, 4) is 0 Å². The van der Waals surface area contributed by atoms with E-state index in [0.717, 1.165) is 0 Å². The summed E-state index contributed by atoms with van der Waals surface area (Å²) >= 11 is 0. The Morgan fingerprint density at radius 2 is 2.06 bits per heavy atom. The molecule has 5 heteroatoms. The van der Waals surface area contributed by atoms with Crippen LogP contribution in [-0.4, -0.2) is 48.2 Å². The molecule has 5 nitrogen and oxygen atoms in total. The topological polar surface area (TPSA) is 55.8 Å². The van der Waals surface area contributed by atoms with Gasteiger partial charge >= 0.3 is 11.9 Å². The van der Waals surface area contributed by atoms with Crippen LogP contribution in [0, 0.1) is 0 Å². The largest absolute Gasteiger partial charge is 0.464 e. The number of esters is 2. The first kappa shape index (κ1) is 13.0. The zero-order valence-corrected chi connectivity index (χ0v) is 10.5. The predicted octanol–water partition coefficient (Wildman–Crippen LogP) is 0.575. The summed E-state index contributed by atoms with van der Waals surface area (Å²) in [6.45, 7) is 7.31. The van der Waals surface area contributed by atoms with Gasteiger partial charge in [0, 0.05) is 6.92 Å². The summed E-state index contributed by atoms with van der Waals surface area (Å²) in [5.41, 5.74) is -1.17. The molecule has 0 radical (unpaired) electrons. The minimum Gasteiger partial charge on any atom is -0.464 e. The lowest BCUT2D eigenvalue weighted by Crippen LogP contribution is -2.67. The Hall–Kier alpha value is -1.10. The van der Waals surface area contributed by atoms with Crippen LogP contribution < -0.4 is 0 Å². The standard InChI is InChI=1S/C11H19NO4/c1-8(13)15-6-11(4)7-16-9(14)10(2,3)12(11)5/h6-7H2,1-5H3. The van der Waals surface area contributed by atoms with Gasteiger partial charge in [0.25, 0.3) is 0 Å². The zero-order chi connectivity index (χ0) is 12.6. The molecule has 0 N–H and O–H groups in total. The molecule has 1 aliphatic heterocycles. The maximum absolute atomic E-state index is 11.6. The normalized spacial score (nSPS) is 29.7. The summed E-state index contributed by atoms with van der Waals surface area (Å²) < 4.78 is 10.2. The first-order valence-electron chi connectivity index (χ1n) is 5.25. The molecule has 0 spiro atoms. The Morgan fingerprint density at radius 1 is 1.50 bits per heavy atom. The third-order valence-corrected chi connectivity index (χ3v) is 3.25. The van der Waals surface area contributed by atoms with E-state index in [0.29, 0.717) is 0 Å². The average molecular weight is 229 g/mol. The molecule has 1 aliphatic rings. The van der Waals surface area contributed by atoms with Gasteiger partial charge in [-0.15, -0.1) is 0 Å². The van der Waals surface area contributed by atoms with Crippen LogP contribution in [0.4, 0.5) is 0 Å². The molecule has 1 fully saturated rings. The van der Waals surface area contributed by atoms with E-state index in [9.17, 15) is 9.59 Å². The van der Waals surface area contributed by atoms with Crippen molar-refractivity contribution in [3.05, 3.63) is 0 Å². The molecule has 1 rings (SSSR count). The van der Waals surface area contributed by atoms with Crippen molar-refractivity contribution in [1.29, 1.82) is 0 Å². The minimum absolute atomic E-state index is 0.218. The molecule has 1 saturated heterocycles. The van der Waals surface area contributed by atoms with Crippen molar-refractivity contribution in [2.45, 2.75) is 38.8 Å². The second kappa shape index (κ2) is 4.05. The molecule has 16 heavy (non-hydrogen) atoms. The van der Waals surface area contributed by atoms with Crippen molar-refractivity contribution in [3.63, 3.8) is 0 Å². The summed E-state index contributed by atoms with van der Waals surface area (Å²) in [4.78, 5) is 24.3. The number of rotatable bonds is 2. The maximum Gasteiger partial charge on any atom is 0.326 e. The summed E-state index contributed by atoms with van der Waals surface area (Å²) in [5.74, 6) is -0.584. The molecule has 0 amide bonds. The Kier molecular flexibility index (Phi) is 3.28. The van der Waals surface area contributed by atoms with Crippen molar-refractivity contribution >= 4 is 11.9 Å². The van der Waals surface area contributed by atoms with Gasteiger partial charge in [-0.25, -0.2) is 0 Å². The zero-order valence-electron chi connectivity index (χ0n) is 10.5. The summed E-state index contributed by atoms with van der Waals surface area (Å²) in [6, 6.07) is 0. The number of likely N-dealkylation sites (N-methyl/N-ethyl adjacent to an activating group) is 1. The van der Waals surface area contributed by atoms with Crippen molar-refractivity contribution in [2.75, 3.05) is 20.3 Å². The van der Waals surface area contributed by atoms with Gasteiger partial charge in [-0.1, -0.05) is 0 Å². The molecule has 1 unspecified atom stereocenters. The van der Waals surface area contributed by atoms with E-state index >= 15 is 0 Å². The number of ether oxygens (including phenoxy) is 2. The first-order chi connectivity index (χ1) is 7.20. The first-order valence-corrected chi connectivity index (χ1v) is 5.25. The van der Waals surface area contributed by atoms with Crippen molar-refractivity contribution in [1.82, 2.24) is 4.90 Å². The number of morpholine rings is 1. The summed E-state index contributed by atoms with van der Waals surface area (Å²) in [6.07, 6.45) is 0. The number of cyclic esters (lactones) is 1. The fraction of sp³-hybridized carbons (Fsp3) is 0.818. The highest BCUT2D eigenvalue weighted by atomic mass is 16.6. The third-order valence-electron chi connectivity index (χ3n) is 3.25. The molecule has 1 atom stereocenters. The quantitative estimate of drug-likeness (QED) is 0.648. The van der Waals surface area contributed by atoms with Crippen LogP contribution in [0.2, 0.25) is 0 Å². The van der Waals surface area contributed by atoms with E-state index < -0.39 is 11.1 Å².